The number of thiophene rings is 1. The van der Waals surface area contributed by atoms with Crippen LogP contribution in [-0.2, 0) is 13.1 Å². The fourth-order valence-corrected chi connectivity index (χ4v) is 3.12. The van der Waals surface area contributed by atoms with Gasteiger partial charge in [-0.1, -0.05) is 18.2 Å². The zero-order valence-corrected chi connectivity index (χ0v) is 12.7. The molecule has 0 aliphatic heterocycles. The lowest BCUT2D eigenvalue weighted by atomic mass is 10.2. The molecule has 0 spiro atoms. The molecule has 2 aromatic heterocycles. The summed E-state index contributed by atoms with van der Waals surface area (Å²) in [6.45, 7) is 4.24. The van der Waals surface area contributed by atoms with Crippen molar-refractivity contribution < 1.29 is 0 Å². The molecule has 4 nitrogen and oxygen atoms in total. The monoisotopic (exact) mass is 299 g/mol. The molecule has 0 bridgehead atoms. The Hall–Kier alpha value is -1.98. The van der Waals surface area contributed by atoms with Gasteiger partial charge in [0.15, 0.2) is 0 Å². The predicted molar refractivity (Wildman–Crippen MR) is 86.8 cm³/mol. The number of benzene rings is 1. The van der Waals surface area contributed by atoms with E-state index in [-0.39, 0.29) is 5.56 Å². The van der Waals surface area contributed by atoms with E-state index >= 15 is 0 Å². The van der Waals surface area contributed by atoms with Crippen LogP contribution < -0.4 is 10.9 Å². The first-order valence-electron chi connectivity index (χ1n) is 6.95. The Morgan fingerprint density at radius 2 is 2.10 bits per heavy atom. The number of hydrogen-bond donors (Lipinski definition) is 1. The van der Waals surface area contributed by atoms with Gasteiger partial charge in [-0.15, -0.1) is 11.3 Å². The molecular formula is C16H17N3OS. The second kappa shape index (κ2) is 6.20. The minimum Gasteiger partial charge on any atom is -0.310 e. The molecule has 0 aliphatic rings. The van der Waals surface area contributed by atoms with Crippen LogP contribution in [0.1, 0.15) is 9.75 Å². The second-order valence-corrected chi connectivity index (χ2v) is 6.32. The highest BCUT2D eigenvalue weighted by Gasteiger charge is 2.03. The van der Waals surface area contributed by atoms with Gasteiger partial charge in [0.05, 0.1) is 18.1 Å². The molecule has 0 aliphatic carbocycles. The van der Waals surface area contributed by atoms with Crippen molar-refractivity contribution in [2.75, 3.05) is 6.54 Å². The summed E-state index contributed by atoms with van der Waals surface area (Å²) in [5.41, 5.74) is -0.0260. The lowest BCUT2D eigenvalue weighted by Crippen LogP contribution is -2.28. The molecule has 0 saturated heterocycles. The SMILES string of the molecule is Cc1ccc(CNCCn2ncc3ccccc3c2=O)s1. The fraction of sp³-hybridized carbons (Fsp3) is 0.250. The Bertz CT molecular complexity index is 806. The van der Waals surface area contributed by atoms with E-state index in [1.54, 1.807) is 17.5 Å². The van der Waals surface area contributed by atoms with Gasteiger partial charge in [0.1, 0.15) is 0 Å². The van der Waals surface area contributed by atoms with E-state index < -0.39 is 0 Å². The molecule has 5 heteroatoms. The number of fused-ring (bicyclic) bond motifs is 1. The topological polar surface area (TPSA) is 46.9 Å². The van der Waals surface area contributed by atoms with E-state index in [0.717, 1.165) is 23.9 Å². The molecule has 0 saturated carbocycles. The highest BCUT2D eigenvalue weighted by molar-refractivity contribution is 7.11. The van der Waals surface area contributed by atoms with Gasteiger partial charge in [0.25, 0.3) is 5.56 Å². The standard InChI is InChI=1S/C16H17N3OS/c1-12-6-7-14(21-12)11-17-8-9-19-16(20)15-5-3-2-4-13(15)10-18-19/h2-7,10,17H,8-9,11H2,1H3. The lowest BCUT2D eigenvalue weighted by Gasteiger charge is -2.06. The van der Waals surface area contributed by atoms with Crippen molar-refractivity contribution in [2.45, 2.75) is 20.0 Å². The number of aromatic nitrogens is 2. The van der Waals surface area contributed by atoms with Crippen LogP contribution in [0, 0.1) is 6.92 Å². The number of aryl methyl sites for hydroxylation is 1. The summed E-state index contributed by atoms with van der Waals surface area (Å²) < 4.78 is 1.52. The maximum atomic E-state index is 12.3. The molecule has 3 aromatic rings. The molecule has 108 valence electrons. The zero-order valence-electron chi connectivity index (χ0n) is 11.9. The summed E-state index contributed by atoms with van der Waals surface area (Å²) in [4.78, 5) is 14.9. The van der Waals surface area contributed by atoms with Crippen LogP contribution >= 0.6 is 11.3 Å². The average Bonchev–Trinajstić information content (AvgIpc) is 2.91. The quantitative estimate of drug-likeness (QED) is 0.737. The molecule has 0 radical (unpaired) electrons. The zero-order chi connectivity index (χ0) is 14.7. The third kappa shape index (κ3) is 3.20. The Balaban J connectivity index is 1.63. The Labute approximate surface area is 127 Å². The summed E-state index contributed by atoms with van der Waals surface area (Å²) in [6, 6.07) is 11.8. The van der Waals surface area contributed by atoms with Crippen LogP contribution in [0.3, 0.4) is 0 Å². The summed E-state index contributed by atoms with van der Waals surface area (Å²) in [5.74, 6) is 0. The van der Waals surface area contributed by atoms with Crippen molar-refractivity contribution in [3.63, 3.8) is 0 Å². The lowest BCUT2D eigenvalue weighted by molar-refractivity contribution is 0.537. The molecule has 0 amide bonds. The van der Waals surface area contributed by atoms with E-state index in [9.17, 15) is 4.79 Å². The molecule has 0 atom stereocenters. The first-order valence-corrected chi connectivity index (χ1v) is 7.76. The molecule has 1 N–H and O–H groups in total. The Morgan fingerprint density at radius 1 is 1.24 bits per heavy atom. The highest BCUT2D eigenvalue weighted by atomic mass is 32.1. The van der Waals surface area contributed by atoms with Crippen molar-refractivity contribution in [1.82, 2.24) is 15.1 Å². The van der Waals surface area contributed by atoms with Crippen molar-refractivity contribution in [3.8, 4) is 0 Å². The smallest absolute Gasteiger partial charge is 0.274 e. The number of nitrogens with zero attached hydrogens (tertiary/aromatic N) is 2. The molecule has 0 unspecified atom stereocenters. The van der Waals surface area contributed by atoms with Crippen molar-refractivity contribution in [3.05, 3.63) is 62.7 Å². The maximum Gasteiger partial charge on any atom is 0.274 e. The van der Waals surface area contributed by atoms with Crippen LogP contribution in [0.25, 0.3) is 10.8 Å². The summed E-state index contributed by atoms with van der Waals surface area (Å²) >= 11 is 1.79. The number of hydrogen-bond acceptors (Lipinski definition) is 4. The van der Waals surface area contributed by atoms with E-state index in [1.165, 1.54) is 14.4 Å². The van der Waals surface area contributed by atoms with Gasteiger partial charge >= 0.3 is 0 Å². The number of nitrogens with one attached hydrogen (secondary N) is 1. The Morgan fingerprint density at radius 3 is 2.90 bits per heavy atom. The predicted octanol–water partition coefficient (Wildman–Crippen LogP) is 2.56. The normalized spacial score (nSPS) is 11.1. The van der Waals surface area contributed by atoms with Crippen LogP contribution in [-0.4, -0.2) is 16.3 Å². The first kappa shape index (κ1) is 14.0. The van der Waals surface area contributed by atoms with Crippen molar-refractivity contribution >= 4 is 22.1 Å². The minimum absolute atomic E-state index is 0.0260. The van der Waals surface area contributed by atoms with Gasteiger partial charge in [0.2, 0.25) is 0 Å². The van der Waals surface area contributed by atoms with E-state index in [0.29, 0.717) is 6.54 Å². The fourth-order valence-electron chi connectivity index (χ4n) is 2.26. The number of rotatable bonds is 5. The molecule has 1 aromatic carbocycles. The molecule has 21 heavy (non-hydrogen) atoms. The average molecular weight is 299 g/mol. The van der Waals surface area contributed by atoms with Gasteiger partial charge in [-0.05, 0) is 25.1 Å². The van der Waals surface area contributed by atoms with Crippen LogP contribution in [0.15, 0.2) is 47.4 Å². The largest absolute Gasteiger partial charge is 0.310 e. The summed E-state index contributed by atoms with van der Waals surface area (Å²) in [6.07, 6.45) is 1.75. The first-order chi connectivity index (χ1) is 10.2. The van der Waals surface area contributed by atoms with Crippen LogP contribution in [0.2, 0.25) is 0 Å². The highest BCUT2D eigenvalue weighted by Crippen LogP contribution is 2.14. The summed E-state index contributed by atoms with van der Waals surface area (Å²) in [5, 5.41) is 9.18. The third-order valence-electron chi connectivity index (χ3n) is 3.36. The Kier molecular flexibility index (Phi) is 4.13. The van der Waals surface area contributed by atoms with E-state index in [1.807, 2.05) is 24.3 Å². The minimum atomic E-state index is -0.0260. The molecule has 2 heterocycles. The van der Waals surface area contributed by atoms with Crippen molar-refractivity contribution in [2.24, 2.45) is 0 Å². The molecule has 3 rings (SSSR count). The van der Waals surface area contributed by atoms with E-state index in [2.05, 4.69) is 29.5 Å². The van der Waals surface area contributed by atoms with Gasteiger partial charge in [-0.25, -0.2) is 4.68 Å². The van der Waals surface area contributed by atoms with Gasteiger partial charge in [-0.3, -0.25) is 4.79 Å². The maximum absolute atomic E-state index is 12.3. The van der Waals surface area contributed by atoms with Crippen LogP contribution in [0.4, 0.5) is 0 Å². The van der Waals surface area contributed by atoms with Gasteiger partial charge in [-0.2, -0.15) is 5.10 Å². The third-order valence-corrected chi connectivity index (χ3v) is 4.36. The van der Waals surface area contributed by atoms with Crippen molar-refractivity contribution in [1.29, 1.82) is 0 Å². The van der Waals surface area contributed by atoms with Gasteiger partial charge in [0, 0.05) is 28.2 Å². The molecular weight excluding hydrogens is 282 g/mol. The van der Waals surface area contributed by atoms with E-state index in [4.69, 9.17) is 0 Å². The summed E-state index contributed by atoms with van der Waals surface area (Å²) in [7, 11) is 0. The van der Waals surface area contributed by atoms with Crippen LogP contribution in [0.5, 0.6) is 0 Å². The second-order valence-electron chi connectivity index (χ2n) is 4.95. The van der Waals surface area contributed by atoms with Gasteiger partial charge < -0.3 is 5.32 Å². The molecule has 0 fully saturated rings.